The lowest BCUT2D eigenvalue weighted by Gasteiger charge is -2.11. The molecule has 1 fully saturated rings. The number of nitrogens with one attached hydrogen (secondary N) is 1. The van der Waals surface area contributed by atoms with Gasteiger partial charge in [0.15, 0.2) is 0 Å². The first-order chi connectivity index (χ1) is 8.25. The van der Waals surface area contributed by atoms with E-state index in [1.807, 2.05) is 0 Å². The van der Waals surface area contributed by atoms with Crippen molar-refractivity contribution in [3.8, 4) is 0 Å². The Bertz CT molecular complexity index is 243. The van der Waals surface area contributed by atoms with E-state index < -0.39 is 0 Å². The average molecular weight is 258 g/mol. The van der Waals surface area contributed by atoms with E-state index in [9.17, 15) is 9.59 Å². The molecule has 5 heteroatoms. The highest BCUT2D eigenvalue weighted by Gasteiger charge is 2.27. The third-order valence-electron chi connectivity index (χ3n) is 2.98. The van der Waals surface area contributed by atoms with Crippen LogP contribution >= 0.6 is 12.6 Å². The predicted octanol–water partition coefficient (Wildman–Crippen LogP) is 2.20. The molecule has 3 amide bonds. The SMILES string of the molecule is O=C1CNC(=O)N1CCCCCCCCCS. The van der Waals surface area contributed by atoms with Gasteiger partial charge in [0.2, 0.25) is 5.91 Å². The van der Waals surface area contributed by atoms with Crippen molar-refractivity contribution >= 4 is 24.6 Å². The van der Waals surface area contributed by atoms with Crippen LogP contribution in [0.2, 0.25) is 0 Å². The van der Waals surface area contributed by atoms with E-state index in [-0.39, 0.29) is 18.5 Å². The van der Waals surface area contributed by atoms with Gasteiger partial charge >= 0.3 is 6.03 Å². The van der Waals surface area contributed by atoms with Gasteiger partial charge in [-0.15, -0.1) is 0 Å². The molecule has 0 aromatic carbocycles. The first-order valence-corrected chi connectivity index (χ1v) is 7.08. The van der Waals surface area contributed by atoms with Gasteiger partial charge < -0.3 is 5.32 Å². The molecule has 1 heterocycles. The smallest absolute Gasteiger partial charge is 0.324 e. The molecule has 1 aliphatic heterocycles. The second kappa shape index (κ2) is 8.39. The summed E-state index contributed by atoms with van der Waals surface area (Å²) >= 11 is 4.17. The molecule has 0 spiro atoms. The van der Waals surface area contributed by atoms with Crippen LogP contribution < -0.4 is 5.32 Å². The lowest BCUT2D eigenvalue weighted by atomic mass is 10.1. The second-order valence-corrected chi connectivity index (χ2v) is 4.85. The Morgan fingerprint density at radius 1 is 1.00 bits per heavy atom. The summed E-state index contributed by atoms with van der Waals surface area (Å²) in [4.78, 5) is 23.8. The number of carbonyl (C=O) groups excluding carboxylic acids is 2. The molecule has 0 saturated carbocycles. The molecule has 1 rings (SSSR count). The van der Waals surface area contributed by atoms with Gasteiger partial charge in [-0.3, -0.25) is 9.69 Å². The normalized spacial score (nSPS) is 15.5. The van der Waals surface area contributed by atoms with Crippen LogP contribution in [0.3, 0.4) is 0 Å². The van der Waals surface area contributed by atoms with Crippen LogP contribution in [-0.4, -0.2) is 35.7 Å². The highest BCUT2D eigenvalue weighted by atomic mass is 32.1. The summed E-state index contributed by atoms with van der Waals surface area (Å²) < 4.78 is 0. The van der Waals surface area contributed by atoms with E-state index in [2.05, 4.69) is 17.9 Å². The molecule has 4 nitrogen and oxygen atoms in total. The Morgan fingerprint density at radius 2 is 1.59 bits per heavy atom. The van der Waals surface area contributed by atoms with Crippen molar-refractivity contribution in [2.75, 3.05) is 18.8 Å². The molecule has 0 atom stereocenters. The zero-order chi connectivity index (χ0) is 12.5. The van der Waals surface area contributed by atoms with Gasteiger partial charge in [0.1, 0.15) is 0 Å². The van der Waals surface area contributed by atoms with Gasteiger partial charge in [0.05, 0.1) is 6.54 Å². The lowest BCUT2D eigenvalue weighted by molar-refractivity contribution is -0.125. The molecule has 0 aromatic heterocycles. The van der Waals surface area contributed by atoms with Crippen molar-refractivity contribution in [3.63, 3.8) is 0 Å². The molecular formula is C12H22N2O2S. The number of hydrogen-bond donors (Lipinski definition) is 2. The van der Waals surface area contributed by atoms with Crippen LogP contribution in [0.4, 0.5) is 4.79 Å². The number of carbonyl (C=O) groups is 2. The van der Waals surface area contributed by atoms with Gasteiger partial charge in [-0.25, -0.2) is 4.79 Å². The number of rotatable bonds is 9. The summed E-state index contributed by atoms with van der Waals surface area (Å²) in [6.45, 7) is 0.740. The minimum atomic E-state index is -0.233. The van der Waals surface area contributed by atoms with Gasteiger partial charge in [0, 0.05) is 6.54 Å². The Balaban J connectivity index is 1.93. The van der Waals surface area contributed by atoms with Crippen molar-refractivity contribution in [2.24, 2.45) is 0 Å². The first-order valence-electron chi connectivity index (χ1n) is 6.45. The quantitative estimate of drug-likeness (QED) is 0.378. The maximum absolute atomic E-state index is 11.3. The number of hydrogen-bond acceptors (Lipinski definition) is 3. The molecule has 98 valence electrons. The number of imide groups is 1. The molecule has 0 bridgehead atoms. The Morgan fingerprint density at radius 3 is 2.12 bits per heavy atom. The number of amides is 3. The van der Waals surface area contributed by atoms with Crippen molar-refractivity contribution < 1.29 is 9.59 Å². The molecule has 1 saturated heterocycles. The summed E-state index contributed by atoms with van der Waals surface area (Å²) in [6, 6.07) is -0.233. The first kappa shape index (κ1) is 14.4. The molecule has 17 heavy (non-hydrogen) atoms. The summed E-state index contributed by atoms with van der Waals surface area (Å²) in [7, 11) is 0. The molecule has 1 N–H and O–H groups in total. The van der Waals surface area contributed by atoms with Gasteiger partial charge in [-0.2, -0.15) is 12.6 Å². The van der Waals surface area contributed by atoms with E-state index in [0.29, 0.717) is 6.54 Å². The fraction of sp³-hybridized carbons (Fsp3) is 0.833. The van der Waals surface area contributed by atoms with Crippen LogP contribution in [-0.2, 0) is 4.79 Å². The topological polar surface area (TPSA) is 49.4 Å². The largest absolute Gasteiger partial charge is 0.329 e. The van der Waals surface area contributed by atoms with Crippen molar-refractivity contribution in [1.29, 1.82) is 0 Å². The Labute approximate surface area is 109 Å². The maximum atomic E-state index is 11.3. The number of unbranched alkanes of at least 4 members (excludes halogenated alkanes) is 6. The number of urea groups is 1. The standard InChI is InChI=1S/C12H22N2O2S/c15-11-10-13-12(16)14(11)8-6-4-2-1-3-5-7-9-17/h17H,1-10H2,(H,13,16). The zero-order valence-electron chi connectivity index (χ0n) is 10.3. The Hall–Kier alpha value is -0.710. The van der Waals surface area contributed by atoms with E-state index in [0.717, 1.165) is 18.6 Å². The minimum Gasteiger partial charge on any atom is -0.329 e. The highest BCUT2D eigenvalue weighted by Crippen LogP contribution is 2.09. The fourth-order valence-electron chi connectivity index (χ4n) is 1.95. The zero-order valence-corrected chi connectivity index (χ0v) is 11.2. The monoisotopic (exact) mass is 258 g/mol. The van der Waals surface area contributed by atoms with Gasteiger partial charge in [-0.05, 0) is 18.6 Å². The van der Waals surface area contributed by atoms with E-state index >= 15 is 0 Å². The highest BCUT2D eigenvalue weighted by molar-refractivity contribution is 7.80. The van der Waals surface area contributed by atoms with Crippen molar-refractivity contribution in [2.45, 2.75) is 44.9 Å². The van der Waals surface area contributed by atoms with E-state index in [4.69, 9.17) is 0 Å². The van der Waals surface area contributed by atoms with Crippen LogP contribution in [0.15, 0.2) is 0 Å². The van der Waals surface area contributed by atoms with E-state index in [1.165, 1.54) is 37.0 Å². The second-order valence-electron chi connectivity index (χ2n) is 4.40. The predicted molar refractivity (Wildman–Crippen MR) is 71.3 cm³/mol. The third-order valence-corrected chi connectivity index (χ3v) is 3.29. The van der Waals surface area contributed by atoms with Crippen LogP contribution in [0, 0.1) is 0 Å². The molecule has 1 aliphatic rings. The number of nitrogens with zero attached hydrogens (tertiary/aromatic N) is 1. The third kappa shape index (κ3) is 5.44. The Kier molecular flexibility index (Phi) is 7.08. The average Bonchev–Trinajstić information content (AvgIpc) is 2.63. The summed E-state index contributed by atoms with van der Waals surface area (Å²) in [5.41, 5.74) is 0. The van der Waals surface area contributed by atoms with Gasteiger partial charge in [0.25, 0.3) is 0 Å². The van der Waals surface area contributed by atoms with Crippen molar-refractivity contribution in [1.82, 2.24) is 10.2 Å². The van der Waals surface area contributed by atoms with Crippen LogP contribution in [0.1, 0.15) is 44.9 Å². The molecule has 0 aromatic rings. The minimum absolute atomic E-state index is 0.0937. The van der Waals surface area contributed by atoms with Crippen LogP contribution in [0.5, 0.6) is 0 Å². The number of thiol groups is 1. The molecule has 0 aliphatic carbocycles. The molecule has 0 radical (unpaired) electrons. The van der Waals surface area contributed by atoms with Crippen LogP contribution in [0.25, 0.3) is 0 Å². The summed E-state index contributed by atoms with van der Waals surface area (Å²) in [5.74, 6) is 0.885. The van der Waals surface area contributed by atoms with Gasteiger partial charge in [-0.1, -0.05) is 32.1 Å². The van der Waals surface area contributed by atoms with E-state index in [1.54, 1.807) is 0 Å². The maximum Gasteiger partial charge on any atom is 0.324 e. The summed E-state index contributed by atoms with van der Waals surface area (Å²) in [6.07, 6.45) is 8.18. The fourth-order valence-corrected chi connectivity index (χ4v) is 2.17. The lowest BCUT2D eigenvalue weighted by Crippen LogP contribution is -2.31. The van der Waals surface area contributed by atoms with Crippen molar-refractivity contribution in [3.05, 3.63) is 0 Å². The molecular weight excluding hydrogens is 236 g/mol. The molecule has 0 unspecified atom stereocenters. The summed E-state index contributed by atoms with van der Waals surface area (Å²) in [5, 5.41) is 2.52.